The summed E-state index contributed by atoms with van der Waals surface area (Å²) in [6, 6.07) is 3.67. The highest BCUT2D eigenvalue weighted by atomic mass is 16.5. The second kappa shape index (κ2) is 5.17. The van der Waals surface area contributed by atoms with Crippen LogP contribution in [-0.4, -0.2) is 48.7 Å². The summed E-state index contributed by atoms with van der Waals surface area (Å²) in [4.78, 5) is 18.6. The van der Waals surface area contributed by atoms with Crippen molar-refractivity contribution in [2.75, 3.05) is 26.9 Å². The van der Waals surface area contributed by atoms with Gasteiger partial charge in [-0.1, -0.05) is 0 Å². The van der Waals surface area contributed by atoms with E-state index < -0.39 is 0 Å². The van der Waals surface area contributed by atoms with Gasteiger partial charge in [0.25, 0.3) is 5.91 Å². The number of amides is 1. The molecule has 2 aliphatic rings. The first-order valence-corrected chi connectivity index (χ1v) is 6.68. The summed E-state index contributed by atoms with van der Waals surface area (Å²) in [6.07, 6.45) is 4.02. The van der Waals surface area contributed by atoms with Crippen molar-refractivity contribution in [2.24, 2.45) is 5.92 Å². The van der Waals surface area contributed by atoms with Crippen LogP contribution in [0.2, 0.25) is 0 Å². The van der Waals surface area contributed by atoms with Crippen LogP contribution >= 0.6 is 0 Å². The van der Waals surface area contributed by atoms with Gasteiger partial charge in [-0.15, -0.1) is 0 Å². The Kier molecular flexibility index (Phi) is 3.38. The molecule has 1 amide bonds. The Balaban J connectivity index is 1.80. The van der Waals surface area contributed by atoms with Crippen molar-refractivity contribution in [1.82, 2.24) is 9.88 Å². The number of carbonyl (C=O) groups excluding carboxylic acids is 1. The number of rotatable bonds is 3. The number of morpholine rings is 1. The van der Waals surface area contributed by atoms with E-state index in [1.807, 2.05) is 4.90 Å². The van der Waals surface area contributed by atoms with Crippen molar-refractivity contribution in [3.63, 3.8) is 0 Å². The van der Waals surface area contributed by atoms with E-state index in [1.54, 1.807) is 25.4 Å². The number of aromatic nitrogens is 1. The van der Waals surface area contributed by atoms with Crippen LogP contribution in [0.4, 0.5) is 0 Å². The van der Waals surface area contributed by atoms with E-state index in [4.69, 9.17) is 9.47 Å². The predicted molar refractivity (Wildman–Crippen MR) is 69.2 cm³/mol. The van der Waals surface area contributed by atoms with Crippen molar-refractivity contribution >= 4 is 5.91 Å². The van der Waals surface area contributed by atoms with Crippen LogP contribution in [0.25, 0.3) is 0 Å². The fraction of sp³-hybridized carbons (Fsp3) is 0.571. The zero-order valence-electron chi connectivity index (χ0n) is 11.0. The predicted octanol–water partition coefficient (Wildman–Crippen LogP) is 1.34. The highest BCUT2D eigenvalue weighted by molar-refractivity contribution is 5.94. The maximum absolute atomic E-state index is 12.6. The second-order valence-electron chi connectivity index (χ2n) is 5.07. The van der Waals surface area contributed by atoms with Crippen molar-refractivity contribution in [1.29, 1.82) is 0 Å². The first-order valence-electron chi connectivity index (χ1n) is 6.68. The molecule has 0 bridgehead atoms. The van der Waals surface area contributed by atoms with Crippen LogP contribution in [0.3, 0.4) is 0 Å². The molecule has 1 aromatic rings. The molecule has 1 aliphatic heterocycles. The molecule has 1 aromatic heterocycles. The SMILES string of the molecule is COc1cc(C(=O)N2CCOCC2C2CC2)ccn1. The fourth-order valence-electron chi connectivity index (χ4n) is 2.57. The molecule has 0 N–H and O–H groups in total. The number of methoxy groups -OCH3 is 1. The monoisotopic (exact) mass is 262 g/mol. The smallest absolute Gasteiger partial charge is 0.254 e. The third-order valence-electron chi connectivity index (χ3n) is 3.78. The van der Waals surface area contributed by atoms with Crippen LogP contribution in [0, 0.1) is 5.92 Å². The van der Waals surface area contributed by atoms with E-state index in [0.29, 0.717) is 37.1 Å². The average Bonchev–Trinajstić information content (AvgIpc) is 3.31. The lowest BCUT2D eigenvalue weighted by molar-refractivity contribution is -0.00836. The molecule has 102 valence electrons. The molecule has 1 aliphatic carbocycles. The Morgan fingerprint density at radius 2 is 2.37 bits per heavy atom. The molecule has 5 heteroatoms. The topological polar surface area (TPSA) is 51.7 Å². The van der Waals surface area contributed by atoms with Crippen LogP contribution in [0.5, 0.6) is 5.88 Å². The minimum absolute atomic E-state index is 0.0564. The average molecular weight is 262 g/mol. The molecule has 2 fully saturated rings. The second-order valence-corrected chi connectivity index (χ2v) is 5.07. The largest absolute Gasteiger partial charge is 0.481 e. The maximum atomic E-state index is 12.6. The Labute approximate surface area is 112 Å². The van der Waals surface area contributed by atoms with Crippen LogP contribution in [-0.2, 0) is 4.74 Å². The highest BCUT2D eigenvalue weighted by Gasteiger charge is 2.39. The van der Waals surface area contributed by atoms with E-state index in [0.717, 1.165) is 0 Å². The van der Waals surface area contributed by atoms with Gasteiger partial charge in [-0.25, -0.2) is 4.98 Å². The van der Waals surface area contributed by atoms with Gasteiger partial charge in [0.2, 0.25) is 5.88 Å². The highest BCUT2D eigenvalue weighted by Crippen LogP contribution is 2.37. The number of ether oxygens (including phenoxy) is 2. The first-order chi connectivity index (χ1) is 9.29. The van der Waals surface area contributed by atoms with Crippen molar-refractivity contribution in [2.45, 2.75) is 18.9 Å². The zero-order chi connectivity index (χ0) is 13.2. The summed E-state index contributed by atoms with van der Waals surface area (Å²) in [5, 5.41) is 0. The summed E-state index contributed by atoms with van der Waals surface area (Å²) >= 11 is 0. The van der Waals surface area contributed by atoms with Gasteiger partial charge in [-0.05, 0) is 24.8 Å². The van der Waals surface area contributed by atoms with Gasteiger partial charge >= 0.3 is 0 Å². The summed E-state index contributed by atoms with van der Waals surface area (Å²) < 4.78 is 10.6. The standard InChI is InChI=1S/C14H18N2O3/c1-18-13-8-11(4-5-15-13)14(17)16-6-7-19-9-12(16)10-2-3-10/h4-5,8,10,12H,2-3,6-7,9H2,1H3. The lowest BCUT2D eigenvalue weighted by Gasteiger charge is -2.36. The third kappa shape index (κ3) is 2.56. The van der Waals surface area contributed by atoms with E-state index in [9.17, 15) is 4.79 Å². The molecule has 1 saturated heterocycles. The lowest BCUT2D eigenvalue weighted by Crippen LogP contribution is -2.49. The molecule has 0 aromatic carbocycles. The maximum Gasteiger partial charge on any atom is 0.254 e. The Hall–Kier alpha value is -1.62. The number of pyridine rings is 1. The number of hydrogen-bond donors (Lipinski definition) is 0. The first kappa shape index (κ1) is 12.4. The lowest BCUT2D eigenvalue weighted by atomic mass is 10.1. The van der Waals surface area contributed by atoms with E-state index in [1.165, 1.54) is 12.8 Å². The normalized spacial score (nSPS) is 23.2. The Bertz CT molecular complexity index is 474. The molecule has 0 spiro atoms. The molecular weight excluding hydrogens is 244 g/mol. The fourth-order valence-corrected chi connectivity index (χ4v) is 2.57. The molecule has 1 unspecified atom stereocenters. The minimum atomic E-state index is 0.0564. The zero-order valence-corrected chi connectivity index (χ0v) is 11.0. The summed E-state index contributed by atoms with van der Waals surface area (Å²) in [7, 11) is 1.55. The Morgan fingerprint density at radius 3 is 3.11 bits per heavy atom. The van der Waals surface area contributed by atoms with Crippen molar-refractivity contribution < 1.29 is 14.3 Å². The van der Waals surface area contributed by atoms with E-state index in [-0.39, 0.29) is 11.9 Å². The molecule has 2 heterocycles. The summed E-state index contributed by atoms with van der Waals surface area (Å²) in [5.74, 6) is 1.15. The Morgan fingerprint density at radius 1 is 1.53 bits per heavy atom. The minimum Gasteiger partial charge on any atom is -0.481 e. The van der Waals surface area contributed by atoms with Crippen LogP contribution in [0.1, 0.15) is 23.2 Å². The molecule has 1 saturated carbocycles. The van der Waals surface area contributed by atoms with E-state index in [2.05, 4.69) is 4.98 Å². The van der Waals surface area contributed by atoms with E-state index >= 15 is 0 Å². The molecule has 1 atom stereocenters. The quantitative estimate of drug-likeness (QED) is 0.825. The molecular formula is C14H18N2O3. The van der Waals surface area contributed by atoms with Crippen molar-refractivity contribution in [3.05, 3.63) is 23.9 Å². The van der Waals surface area contributed by atoms with Crippen LogP contribution in [0.15, 0.2) is 18.3 Å². The number of carbonyl (C=O) groups is 1. The van der Waals surface area contributed by atoms with Gasteiger partial charge < -0.3 is 14.4 Å². The molecule has 19 heavy (non-hydrogen) atoms. The van der Waals surface area contributed by atoms with Crippen molar-refractivity contribution in [3.8, 4) is 5.88 Å². The van der Waals surface area contributed by atoms with Gasteiger partial charge in [0.15, 0.2) is 0 Å². The third-order valence-corrected chi connectivity index (χ3v) is 3.78. The number of nitrogens with zero attached hydrogens (tertiary/aromatic N) is 2. The van der Waals surface area contributed by atoms with Crippen LogP contribution < -0.4 is 4.74 Å². The number of hydrogen-bond acceptors (Lipinski definition) is 4. The summed E-state index contributed by atoms with van der Waals surface area (Å²) in [6.45, 7) is 1.96. The van der Waals surface area contributed by atoms with Gasteiger partial charge in [0.05, 0.1) is 26.4 Å². The molecule has 3 rings (SSSR count). The van der Waals surface area contributed by atoms with Gasteiger partial charge in [-0.2, -0.15) is 0 Å². The van der Waals surface area contributed by atoms with Gasteiger partial charge in [0.1, 0.15) is 0 Å². The summed E-state index contributed by atoms with van der Waals surface area (Å²) in [5.41, 5.74) is 0.638. The van der Waals surface area contributed by atoms with Gasteiger partial charge in [0, 0.05) is 24.4 Å². The van der Waals surface area contributed by atoms with Gasteiger partial charge in [-0.3, -0.25) is 4.79 Å². The molecule has 5 nitrogen and oxygen atoms in total. The molecule has 0 radical (unpaired) electrons.